The normalized spacial score (nSPS) is 11.4. The number of nitrogens with one attached hydrogen (secondary N) is 1. The van der Waals surface area contributed by atoms with Gasteiger partial charge in [-0.3, -0.25) is 9.78 Å². The van der Waals surface area contributed by atoms with Crippen LogP contribution < -0.4 is 5.32 Å². The van der Waals surface area contributed by atoms with Crippen LogP contribution in [0.1, 0.15) is 27.2 Å². The lowest BCUT2D eigenvalue weighted by molar-refractivity contribution is -0.137. The average Bonchev–Trinajstić information content (AvgIpc) is 3.23. The fraction of sp³-hybridized carbons (Fsp3) is 0.130. The fourth-order valence-electron chi connectivity index (χ4n) is 3.14. The van der Waals surface area contributed by atoms with Crippen LogP contribution in [0.25, 0.3) is 16.9 Å². The lowest BCUT2D eigenvalue weighted by Crippen LogP contribution is -2.24. The van der Waals surface area contributed by atoms with E-state index in [1.165, 1.54) is 12.1 Å². The third-order valence-electron chi connectivity index (χ3n) is 4.83. The number of carbonyl (C=O) groups is 1. The number of carbonyl (C=O) groups excluding carboxylic acids is 1. The molecule has 0 fully saturated rings. The minimum absolute atomic E-state index is 0.0425. The summed E-state index contributed by atoms with van der Waals surface area (Å²) in [5.74, 6) is -0.498. The van der Waals surface area contributed by atoms with Gasteiger partial charge in [0.1, 0.15) is 5.69 Å². The molecule has 9 heteroatoms. The van der Waals surface area contributed by atoms with Crippen molar-refractivity contribution in [3.63, 3.8) is 0 Å². The number of pyridine rings is 1. The summed E-state index contributed by atoms with van der Waals surface area (Å²) in [5.41, 5.74) is 2.79. The van der Waals surface area contributed by atoms with Crippen LogP contribution in [0.2, 0.25) is 0 Å². The Labute approximate surface area is 181 Å². The maximum absolute atomic E-state index is 12.9. The van der Waals surface area contributed by atoms with Crippen LogP contribution in [-0.2, 0) is 12.7 Å². The number of hydrogen-bond donors (Lipinski definition) is 1. The Morgan fingerprint density at radius 2 is 1.75 bits per heavy atom. The first-order valence-corrected chi connectivity index (χ1v) is 9.70. The molecule has 2 aromatic carbocycles. The molecule has 0 aliphatic heterocycles. The van der Waals surface area contributed by atoms with E-state index in [4.69, 9.17) is 0 Å². The van der Waals surface area contributed by atoms with E-state index in [-0.39, 0.29) is 12.2 Å². The monoisotopic (exact) mass is 437 g/mol. The zero-order valence-corrected chi connectivity index (χ0v) is 17.0. The lowest BCUT2D eigenvalue weighted by atomic mass is 10.1. The Hall–Kier alpha value is -4.01. The Kier molecular flexibility index (Phi) is 5.72. The first-order valence-electron chi connectivity index (χ1n) is 9.70. The van der Waals surface area contributed by atoms with E-state index < -0.39 is 17.6 Å². The van der Waals surface area contributed by atoms with Crippen molar-refractivity contribution in [1.29, 1.82) is 0 Å². The van der Waals surface area contributed by atoms with Crippen LogP contribution in [0.15, 0.2) is 73.1 Å². The van der Waals surface area contributed by atoms with Gasteiger partial charge in [0.15, 0.2) is 5.69 Å². The second kappa shape index (κ2) is 8.62. The van der Waals surface area contributed by atoms with Crippen LogP contribution in [0, 0.1) is 6.92 Å². The van der Waals surface area contributed by atoms with Crippen LogP contribution in [-0.4, -0.2) is 25.9 Å². The molecule has 2 aromatic heterocycles. The summed E-state index contributed by atoms with van der Waals surface area (Å²) in [6.07, 6.45) is -1.18. The topological polar surface area (TPSA) is 72.7 Å². The fourth-order valence-corrected chi connectivity index (χ4v) is 3.14. The number of hydrogen-bond acceptors (Lipinski definition) is 4. The maximum atomic E-state index is 12.9. The molecule has 4 aromatic rings. The summed E-state index contributed by atoms with van der Waals surface area (Å²) >= 11 is 0. The van der Waals surface area contributed by atoms with E-state index in [9.17, 15) is 18.0 Å². The van der Waals surface area contributed by atoms with E-state index in [2.05, 4.69) is 20.6 Å². The van der Waals surface area contributed by atoms with Gasteiger partial charge in [0.25, 0.3) is 5.91 Å². The van der Waals surface area contributed by atoms with Crippen molar-refractivity contribution in [2.24, 2.45) is 0 Å². The van der Waals surface area contributed by atoms with Crippen molar-refractivity contribution < 1.29 is 18.0 Å². The number of nitrogens with zero attached hydrogens (tertiary/aromatic N) is 4. The molecule has 0 saturated carbocycles. The Balaban J connectivity index is 1.61. The highest BCUT2D eigenvalue weighted by Crippen LogP contribution is 2.29. The Morgan fingerprint density at radius 3 is 2.38 bits per heavy atom. The minimum atomic E-state index is -4.41. The Bertz CT molecular complexity index is 1220. The van der Waals surface area contributed by atoms with Crippen molar-refractivity contribution in [2.75, 3.05) is 0 Å². The number of benzene rings is 2. The van der Waals surface area contributed by atoms with Gasteiger partial charge in [-0.1, -0.05) is 35.0 Å². The first kappa shape index (κ1) is 21.2. The Morgan fingerprint density at radius 1 is 1.03 bits per heavy atom. The van der Waals surface area contributed by atoms with Crippen LogP contribution >= 0.6 is 0 Å². The molecule has 4 rings (SSSR count). The molecule has 6 nitrogen and oxygen atoms in total. The zero-order chi connectivity index (χ0) is 22.7. The SMILES string of the molecule is Cc1ccc(-n2nnc(C(=O)NCc3ccc(C(F)(F)F)cc3)c2-c2cccnc2)cc1. The molecule has 0 aliphatic rings. The third kappa shape index (κ3) is 4.51. The molecule has 0 bridgehead atoms. The first-order chi connectivity index (χ1) is 15.3. The van der Waals surface area contributed by atoms with E-state index >= 15 is 0 Å². The van der Waals surface area contributed by atoms with Gasteiger partial charge in [-0.2, -0.15) is 13.2 Å². The number of alkyl halides is 3. The molecular formula is C23H18F3N5O. The van der Waals surface area contributed by atoms with Gasteiger partial charge in [-0.05, 0) is 48.9 Å². The summed E-state index contributed by atoms with van der Waals surface area (Å²) in [6, 6.07) is 15.7. The van der Waals surface area contributed by atoms with Crippen molar-refractivity contribution in [3.05, 3.63) is 95.4 Å². The summed E-state index contributed by atoms with van der Waals surface area (Å²) < 4.78 is 39.8. The van der Waals surface area contributed by atoms with E-state index in [1.807, 2.05) is 31.2 Å². The van der Waals surface area contributed by atoms with Crippen molar-refractivity contribution in [3.8, 4) is 16.9 Å². The maximum Gasteiger partial charge on any atom is 0.416 e. The van der Waals surface area contributed by atoms with Crippen molar-refractivity contribution in [2.45, 2.75) is 19.6 Å². The van der Waals surface area contributed by atoms with Crippen LogP contribution in [0.3, 0.4) is 0 Å². The summed E-state index contributed by atoms with van der Waals surface area (Å²) in [4.78, 5) is 17.0. The largest absolute Gasteiger partial charge is 0.416 e. The summed E-state index contributed by atoms with van der Waals surface area (Å²) in [6.45, 7) is 2.01. The standard InChI is InChI=1S/C23H18F3N5O/c1-15-4-10-19(11-5-15)31-21(17-3-2-12-27-14-17)20(29-30-31)22(32)28-13-16-6-8-18(9-7-16)23(24,25)26/h2-12,14H,13H2,1H3,(H,28,32). The van der Waals surface area contributed by atoms with Gasteiger partial charge in [0.05, 0.1) is 11.3 Å². The quantitative estimate of drug-likeness (QED) is 0.496. The second-order valence-electron chi connectivity index (χ2n) is 7.15. The van der Waals surface area contributed by atoms with E-state index in [1.54, 1.807) is 29.2 Å². The van der Waals surface area contributed by atoms with Gasteiger partial charge in [0.2, 0.25) is 0 Å². The molecule has 0 aliphatic carbocycles. The molecule has 1 amide bonds. The highest BCUT2D eigenvalue weighted by atomic mass is 19.4. The molecule has 162 valence electrons. The molecule has 1 N–H and O–H groups in total. The van der Waals surface area contributed by atoms with Gasteiger partial charge in [0, 0.05) is 24.5 Å². The predicted molar refractivity (Wildman–Crippen MR) is 112 cm³/mol. The van der Waals surface area contributed by atoms with Crippen molar-refractivity contribution >= 4 is 5.91 Å². The molecule has 0 unspecified atom stereocenters. The third-order valence-corrected chi connectivity index (χ3v) is 4.83. The van der Waals surface area contributed by atoms with Crippen LogP contribution in [0.4, 0.5) is 13.2 Å². The number of aromatic nitrogens is 4. The number of halogens is 3. The minimum Gasteiger partial charge on any atom is -0.346 e. The highest BCUT2D eigenvalue weighted by molar-refractivity contribution is 5.98. The van der Waals surface area contributed by atoms with Gasteiger partial charge >= 0.3 is 6.18 Å². The predicted octanol–water partition coefficient (Wildman–Crippen LogP) is 4.59. The smallest absolute Gasteiger partial charge is 0.346 e. The average molecular weight is 437 g/mol. The van der Waals surface area contributed by atoms with Crippen molar-refractivity contribution in [1.82, 2.24) is 25.3 Å². The van der Waals surface area contributed by atoms with E-state index in [0.29, 0.717) is 16.8 Å². The number of rotatable bonds is 5. The second-order valence-corrected chi connectivity index (χ2v) is 7.15. The molecule has 2 heterocycles. The number of aryl methyl sites for hydroxylation is 1. The summed E-state index contributed by atoms with van der Waals surface area (Å²) in [7, 11) is 0. The lowest BCUT2D eigenvalue weighted by Gasteiger charge is -2.10. The van der Waals surface area contributed by atoms with E-state index in [0.717, 1.165) is 23.4 Å². The van der Waals surface area contributed by atoms with Gasteiger partial charge in [-0.25, -0.2) is 4.68 Å². The highest BCUT2D eigenvalue weighted by Gasteiger charge is 2.30. The zero-order valence-electron chi connectivity index (χ0n) is 17.0. The molecule has 0 radical (unpaired) electrons. The number of amides is 1. The van der Waals surface area contributed by atoms with Gasteiger partial charge in [-0.15, -0.1) is 5.10 Å². The molecule has 0 atom stereocenters. The van der Waals surface area contributed by atoms with Crippen LogP contribution in [0.5, 0.6) is 0 Å². The molecular weight excluding hydrogens is 419 g/mol. The molecule has 0 saturated heterocycles. The molecule has 32 heavy (non-hydrogen) atoms. The molecule has 0 spiro atoms. The summed E-state index contributed by atoms with van der Waals surface area (Å²) in [5, 5.41) is 10.9. The van der Waals surface area contributed by atoms with Gasteiger partial charge < -0.3 is 5.32 Å².